The van der Waals surface area contributed by atoms with Crippen LogP contribution in [0.25, 0.3) is 0 Å². The van der Waals surface area contributed by atoms with E-state index < -0.39 is 10.0 Å². The first-order valence-electron chi connectivity index (χ1n) is 9.10. The summed E-state index contributed by atoms with van der Waals surface area (Å²) < 4.78 is 32.3. The second kappa shape index (κ2) is 9.05. The smallest absolute Gasteiger partial charge is 0.244 e. The molecule has 0 aliphatic carbocycles. The van der Waals surface area contributed by atoms with Gasteiger partial charge < -0.3 is 10.1 Å². The molecule has 0 unspecified atom stereocenters. The zero-order valence-electron chi connectivity index (χ0n) is 15.6. The summed E-state index contributed by atoms with van der Waals surface area (Å²) in [6.45, 7) is 3.24. The molecule has 2 aromatic carbocycles. The van der Waals surface area contributed by atoms with Gasteiger partial charge in [-0.05, 0) is 29.7 Å². The van der Waals surface area contributed by atoms with Gasteiger partial charge in [0.15, 0.2) is 0 Å². The van der Waals surface area contributed by atoms with Crippen molar-refractivity contribution in [3.8, 4) is 0 Å². The highest BCUT2D eigenvalue weighted by molar-refractivity contribution is 7.89. The number of benzene rings is 2. The summed E-state index contributed by atoms with van der Waals surface area (Å²) in [6, 6.07) is 14.3. The Morgan fingerprint density at radius 2 is 1.86 bits per heavy atom. The van der Waals surface area contributed by atoms with Gasteiger partial charge in [-0.25, -0.2) is 8.42 Å². The Balaban J connectivity index is 1.73. The SMILES string of the molecule is C[C@@H](CC(=O)Nc1ccc(Cl)c(S(=O)(=O)N2CCOCC2)c1)c1ccccc1. The van der Waals surface area contributed by atoms with Crippen molar-refractivity contribution in [3.63, 3.8) is 0 Å². The highest BCUT2D eigenvalue weighted by Gasteiger charge is 2.28. The van der Waals surface area contributed by atoms with Gasteiger partial charge in [0, 0.05) is 25.2 Å². The van der Waals surface area contributed by atoms with E-state index in [9.17, 15) is 13.2 Å². The fraction of sp³-hybridized carbons (Fsp3) is 0.350. The lowest BCUT2D eigenvalue weighted by molar-refractivity contribution is -0.116. The number of hydrogen-bond donors (Lipinski definition) is 1. The number of carbonyl (C=O) groups is 1. The van der Waals surface area contributed by atoms with E-state index in [2.05, 4.69) is 5.32 Å². The number of hydrogen-bond acceptors (Lipinski definition) is 4. The van der Waals surface area contributed by atoms with Gasteiger partial charge in [-0.3, -0.25) is 4.79 Å². The largest absolute Gasteiger partial charge is 0.379 e. The van der Waals surface area contributed by atoms with Crippen molar-refractivity contribution in [1.29, 1.82) is 0 Å². The summed E-state index contributed by atoms with van der Waals surface area (Å²) >= 11 is 6.15. The van der Waals surface area contributed by atoms with E-state index in [1.165, 1.54) is 16.4 Å². The Labute approximate surface area is 170 Å². The second-order valence-electron chi connectivity index (χ2n) is 6.73. The summed E-state index contributed by atoms with van der Waals surface area (Å²) in [4.78, 5) is 12.4. The van der Waals surface area contributed by atoms with Gasteiger partial charge in [0.1, 0.15) is 4.90 Å². The van der Waals surface area contributed by atoms with E-state index in [4.69, 9.17) is 16.3 Å². The van der Waals surface area contributed by atoms with E-state index >= 15 is 0 Å². The minimum atomic E-state index is -3.75. The summed E-state index contributed by atoms with van der Waals surface area (Å²) in [5.41, 5.74) is 1.48. The molecule has 2 aromatic rings. The zero-order valence-corrected chi connectivity index (χ0v) is 17.2. The maximum atomic E-state index is 12.9. The molecular weight excluding hydrogens is 400 g/mol. The summed E-state index contributed by atoms with van der Waals surface area (Å²) in [7, 11) is -3.75. The lowest BCUT2D eigenvalue weighted by Gasteiger charge is -2.26. The molecule has 1 atom stereocenters. The standard InChI is InChI=1S/C20H23ClN2O4S/c1-15(16-5-3-2-4-6-16)13-20(24)22-17-7-8-18(21)19(14-17)28(25,26)23-9-11-27-12-10-23/h2-8,14-15H,9-13H2,1H3,(H,22,24)/t15-/m0/s1. The molecular formula is C20H23ClN2O4S. The molecule has 0 saturated carbocycles. The third kappa shape index (κ3) is 4.91. The van der Waals surface area contributed by atoms with Crippen molar-refractivity contribution in [2.75, 3.05) is 31.6 Å². The third-order valence-electron chi connectivity index (χ3n) is 4.66. The van der Waals surface area contributed by atoms with Crippen LogP contribution < -0.4 is 5.32 Å². The van der Waals surface area contributed by atoms with Crippen LogP contribution in [0.4, 0.5) is 5.69 Å². The van der Waals surface area contributed by atoms with E-state index in [1.807, 2.05) is 37.3 Å². The summed E-state index contributed by atoms with van der Waals surface area (Å²) in [6.07, 6.45) is 0.290. The van der Waals surface area contributed by atoms with Gasteiger partial charge in [0.25, 0.3) is 0 Å². The maximum Gasteiger partial charge on any atom is 0.244 e. The second-order valence-corrected chi connectivity index (χ2v) is 9.04. The van der Waals surface area contributed by atoms with Crippen LogP contribution in [0.15, 0.2) is 53.4 Å². The summed E-state index contributed by atoms with van der Waals surface area (Å²) in [5.74, 6) is -0.140. The monoisotopic (exact) mass is 422 g/mol. The number of nitrogens with one attached hydrogen (secondary N) is 1. The van der Waals surface area contributed by atoms with Crippen LogP contribution in [0.1, 0.15) is 24.8 Å². The van der Waals surface area contributed by atoms with Gasteiger partial charge >= 0.3 is 0 Å². The highest BCUT2D eigenvalue weighted by atomic mass is 35.5. The number of nitrogens with zero attached hydrogens (tertiary/aromatic N) is 1. The molecule has 0 radical (unpaired) electrons. The molecule has 1 aliphatic rings. The van der Waals surface area contributed by atoms with Gasteiger partial charge in [0.05, 0.1) is 18.2 Å². The van der Waals surface area contributed by atoms with Crippen LogP contribution in [0.3, 0.4) is 0 Å². The highest BCUT2D eigenvalue weighted by Crippen LogP contribution is 2.29. The van der Waals surface area contributed by atoms with Crippen LogP contribution in [-0.4, -0.2) is 44.9 Å². The first kappa shape index (κ1) is 20.8. The molecule has 0 aromatic heterocycles. The average Bonchev–Trinajstić information content (AvgIpc) is 2.70. The van der Waals surface area contributed by atoms with Crippen LogP contribution in [0.5, 0.6) is 0 Å². The molecule has 1 amide bonds. The minimum absolute atomic E-state index is 0.00928. The van der Waals surface area contributed by atoms with Crippen LogP contribution in [0.2, 0.25) is 5.02 Å². The Hall–Kier alpha value is -1.93. The summed E-state index contributed by atoms with van der Waals surface area (Å²) in [5, 5.41) is 2.91. The van der Waals surface area contributed by atoms with Crippen molar-refractivity contribution in [2.24, 2.45) is 0 Å². The van der Waals surface area contributed by atoms with Crippen molar-refractivity contribution < 1.29 is 17.9 Å². The third-order valence-corrected chi connectivity index (χ3v) is 7.04. The fourth-order valence-corrected chi connectivity index (χ4v) is 5.00. The Morgan fingerprint density at radius 1 is 1.18 bits per heavy atom. The number of ether oxygens (including phenoxy) is 1. The number of rotatable bonds is 6. The lowest BCUT2D eigenvalue weighted by atomic mass is 9.97. The normalized spacial score (nSPS) is 16.5. The molecule has 1 aliphatic heterocycles. The van der Waals surface area contributed by atoms with Crippen molar-refractivity contribution in [1.82, 2.24) is 4.31 Å². The predicted octanol–water partition coefficient (Wildman–Crippen LogP) is 3.49. The predicted molar refractivity (Wildman–Crippen MR) is 109 cm³/mol. The molecule has 0 spiro atoms. The minimum Gasteiger partial charge on any atom is -0.379 e. The number of halogens is 1. The maximum absolute atomic E-state index is 12.9. The molecule has 8 heteroatoms. The molecule has 3 rings (SSSR count). The number of morpholine rings is 1. The molecule has 1 fully saturated rings. The Kier molecular flexibility index (Phi) is 6.72. The Morgan fingerprint density at radius 3 is 2.54 bits per heavy atom. The number of carbonyl (C=O) groups excluding carboxylic acids is 1. The van der Waals surface area contributed by atoms with Gasteiger partial charge in [0.2, 0.25) is 15.9 Å². The molecule has 0 bridgehead atoms. The van der Waals surface area contributed by atoms with Gasteiger partial charge in [-0.1, -0.05) is 48.9 Å². The van der Waals surface area contributed by atoms with Crippen LogP contribution >= 0.6 is 11.6 Å². The molecule has 1 saturated heterocycles. The van der Waals surface area contributed by atoms with Crippen molar-refractivity contribution in [2.45, 2.75) is 24.2 Å². The molecule has 1 heterocycles. The first-order valence-corrected chi connectivity index (χ1v) is 10.9. The van der Waals surface area contributed by atoms with Crippen LogP contribution in [0, 0.1) is 0 Å². The van der Waals surface area contributed by atoms with Crippen molar-refractivity contribution >= 4 is 33.2 Å². The fourth-order valence-electron chi connectivity index (χ4n) is 3.09. The first-order chi connectivity index (χ1) is 13.4. The number of anilines is 1. The van der Waals surface area contributed by atoms with Gasteiger partial charge in [-0.15, -0.1) is 0 Å². The van der Waals surface area contributed by atoms with E-state index in [0.29, 0.717) is 18.9 Å². The molecule has 150 valence electrons. The Bertz CT molecular complexity index is 928. The molecule has 1 N–H and O–H groups in total. The molecule has 28 heavy (non-hydrogen) atoms. The average molecular weight is 423 g/mol. The van der Waals surface area contributed by atoms with E-state index in [1.54, 1.807) is 6.07 Å². The number of sulfonamides is 1. The lowest BCUT2D eigenvalue weighted by Crippen LogP contribution is -2.40. The van der Waals surface area contributed by atoms with E-state index in [-0.39, 0.29) is 41.3 Å². The van der Waals surface area contributed by atoms with Crippen LogP contribution in [-0.2, 0) is 19.6 Å². The van der Waals surface area contributed by atoms with Gasteiger partial charge in [-0.2, -0.15) is 4.31 Å². The quantitative estimate of drug-likeness (QED) is 0.773. The van der Waals surface area contributed by atoms with Crippen molar-refractivity contribution in [3.05, 3.63) is 59.1 Å². The van der Waals surface area contributed by atoms with E-state index in [0.717, 1.165) is 5.56 Å². The zero-order chi connectivity index (χ0) is 20.1. The molecule has 6 nitrogen and oxygen atoms in total. The topological polar surface area (TPSA) is 75.7 Å². The number of amides is 1.